The van der Waals surface area contributed by atoms with Crippen molar-refractivity contribution >= 4 is 5.97 Å². The third kappa shape index (κ3) is 1.78. The molecule has 0 aromatic carbocycles. The fourth-order valence-electron chi connectivity index (χ4n) is 2.72. The van der Waals surface area contributed by atoms with Crippen molar-refractivity contribution in [1.82, 2.24) is 0 Å². The molecule has 1 saturated heterocycles. The summed E-state index contributed by atoms with van der Waals surface area (Å²) in [6.07, 6.45) is 4.58. The van der Waals surface area contributed by atoms with Crippen LogP contribution >= 0.6 is 0 Å². The Morgan fingerprint density at radius 2 is 2.29 bits per heavy atom. The summed E-state index contributed by atoms with van der Waals surface area (Å²) in [4.78, 5) is 11.7. The van der Waals surface area contributed by atoms with E-state index in [0.29, 0.717) is 18.6 Å². The minimum atomic E-state index is -0.00676. The first kappa shape index (κ1) is 9.97. The molecule has 3 heteroatoms. The van der Waals surface area contributed by atoms with Gasteiger partial charge in [0.05, 0.1) is 18.6 Å². The summed E-state index contributed by atoms with van der Waals surface area (Å²) >= 11 is 0. The van der Waals surface area contributed by atoms with Gasteiger partial charge < -0.3 is 9.47 Å². The molecule has 80 valence electrons. The Morgan fingerprint density at radius 1 is 1.43 bits per heavy atom. The third-order valence-electron chi connectivity index (χ3n) is 3.37. The van der Waals surface area contributed by atoms with Crippen molar-refractivity contribution in [2.24, 2.45) is 11.8 Å². The zero-order valence-electron chi connectivity index (χ0n) is 8.70. The van der Waals surface area contributed by atoms with Crippen LogP contribution in [0.5, 0.6) is 0 Å². The van der Waals surface area contributed by atoms with E-state index >= 15 is 0 Å². The molecule has 0 spiro atoms. The average Bonchev–Trinajstić information content (AvgIpc) is 2.65. The van der Waals surface area contributed by atoms with E-state index in [1.54, 1.807) is 0 Å². The standard InChI is InChI=1S/C11H18O3/c1-2-13-11(12)9-4-3-5-10-8(9)6-7-14-10/h8-10H,2-7H2,1H3/t8-,9+,10+/m1/s1. The molecule has 0 unspecified atom stereocenters. The topological polar surface area (TPSA) is 35.5 Å². The Hall–Kier alpha value is -0.570. The number of rotatable bonds is 2. The Bertz CT molecular complexity index is 215. The Balaban J connectivity index is 1.99. The number of carbonyl (C=O) groups excluding carboxylic acids is 1. The third-order valence-corrected chi connectivity index (χ3v) is 3.37. The van der Waals surface area contributed by atoms with Gasteiger partial charge in [0.25, 0.3) is 0 Å². The molecule has 1 saturated carbocycles. The van der Waals surface area contributed by atoms with E-state index in [1.165, 1.54) is 0 Å². The molecule has 0 bridgehead atoms. The van der Waals surface area contributed by atoms with Gasteiger partial charge in [0, 0.05) is 12.5 Å². The number of esters is 1. The number of ether oxygens (including phenoxy) is 2. The maximum absolute atomic E-state index is 11.7. The maximum atomic E-state index is 11.7. The second-order valence-corrected chi connectivity index (χ2v) is 4.15. The van der Waals surface area contributed by atoms with Crippen LogP contribution in [-0.2, 0) is 14.3 Å². The normalized spacial score (nSPS) is 36.5. The quantitative estimate of drug-likeness (QED) is 0.634. The van der Waals surface area contributed by atoms with Crippen LogP contribution in [-0.4, -0.2) is 25.3 Å². The fourth-order valence-corrected chi connectivity index (χ4v) is 2.72. The number of carbonyl (C=O) groups is 1. The van der Waals surface area contributed by atoms with Gasteiger partial charge in [0.15, 0.2) is 0 Å². The Labute approximate surface area is 84.8 Å². The molecule has 3 atom stereocenters. The lowest BCUT2D eigenvalue weighted by Gasteiger charge is -2.30. The second-order valence-electron chi connectivity index (χ2n) is 4.15. The van der Waals surface area contributed by atoms with Gasteiger partial charge in [-0.15, -0.1) is 0 Å². The molecular formula is C11H18O3. The lowest BCUT2D eigenvalue weighted by atomic mass is 9.77. The number of hydrogen-bond donors (Lipinski definition) is 0. The largest absolute Gasteiger partial charge is 0.466 e. The minimum absolute atomic E-state index is 0.00676. The first-order chi connectivity index (χ1) is 6.83. The molecular weight excluding hydrogens is 180 g/mol. The van der Waals surface area contributed by atoms with Crippen LogP contribution in [0.4, 0.5) is 0 Å². The molecule has 14 heavy (non-hydrogen) atoms. The van der Waals surface area contributed by atoms with E-state index in [0.717, 1.165) is 32.3 Å². The predicted octanol–water partition coefficient (Wildman–Crippen LogP) is 1.75. The fraction of sp³-hybridized carbons (Fsp3) is 0.909. The highest BCUT2D eigenvalue weighted by Gasteiger charge is 2.41. The van der Waals surface area contributed by atoms with Crippen LogP contribution in [0.25, 0.3) is 0 Å². The molecule has 2 rings (SSSR count). The van der Waals surface area contributed by atoms with Gasteiger partial charge in [-0.05, 0) is 32.6 Å². The van der Waals surface area contributed by atoms with E-state index < -0.39 is 0 Å². The monoisotopic (exact) mass is 198 g/mol. The van der Waals surface area contributed by atoms with E-state index in [2.05, 4.69) is 0 Å². The van der Waals surface area contributed by atoms with Gasteiger partial charge in [-0.25, -0.2) is 0 Å². The van der Waals surface area contributed by atoms with Gasteiger partial charge in [-0.1, -0.05) is 0 Å². The van der Waals surface area contributed by atoms with Crippen molar-refractivity contribution in [1.29, 1.82) is 0 Å². The second kappa shape index (κ2) is 4.30. The summed E-state index contributed by atoms with van der Waals surface area (Å²) < 4.78 is 10.7. The zero-order valence-corrected chi connectivity index (χ0v) is 8.70. The molecule has 1 aliphatic heterocycles. The van der Waals surface area contributed by atoms with E-state index in [-0.39, 0.29) is 11.9 Å². The summed E-state index contributed by atoms with van der Waals surface area (Å²) in [6.45, 7) is 3.18. The smallest absolute Gasteiger partial charge is 0.309 e. The highest BCUT2D eigenvalue weighted by molar-refractivity contribution is 5.73. The summed E-state index contributed by atoms with van der Waals surface area (Å²) in [7, 11) is 0. The molecule has 0 amide bonds. The van der Waals surface area contributed by atoms with Gasteiger partial charge in [-0.2, -0.15) is 0 Å². The summed E-state index contributed by atoms with van der Waals surface area (Å²) in [6, 6.07) is 0. The molecule has 0 aromatic rings. The number of fused-ring (bicyclic) bond motifs is 1. The highest BCUT2D eigenvalue weighted by atomic mass is 16.5. The van der Waals surface area contributed by atoms with Crippen LogP contribution in [0.3, 0.4) is 0 Å². The van der Waals surface area contributed by atoms with Crippen LogP contribution < -0.4 is 0 Å². The maximum Gasteiger partial charge on any atom is 0.309 e. The van der Waals surface area contributed by atoms with Crippen molar-refractivity contribution < 1.29 is 14.3 Å². The molecule has 1 aliphatic carbocycles. The van der Waals surface area contributed by atoms with Crippen LogP contribution in [0.1, 0.15) is 32.6 Å². The predicted molar refractivity (Wildman–Crippen MR) is 51.8 cm³/mol. The highest BCUT2D eigenvalue weighted by Crippen LogP contribution is 2.39. The Kier molecular flexibility index (Phi) is 3.06. The molecule has 0 N–H and O–H groups in total. The molecule has 3 nitrogen and oxygen atoms in total. The Morgan fingerprint density at radius 3 is 3.07 bits per heavy atom. The SMILES string of the molecule is CCOC(=O)[C@H]1CCC[C@@H]2OCC[C@@H]21. The molecule has 0 aromatic heterocycles. The lowest BCUT2D eigenvalue weighted by molar-refractivity contribution is -0.152. The minimum Gasteiger partial charge on any atom is -0.466 e. The van der Waals surface area contributed by atoms with E-state index in [1.807, 2.05) is 6.92 Å². The van der Waals surface area contributed by atoms with Crippen LogP contribution in [0, 0.1) is 11.8 Å². The zero-order chi connectivity index (χ0) is 9.97. The summed E-state index contributed by atoms with van der Waals surface area (Å²) in [5.74, 6) is 0.534. The average molecular weight is 198 g/mol. The van der Waals surface area contributed by atoms with Gasteiger partial charge in [0.1, 0.15) is 0 Å². The first-order valence-electron chi connectivity index (χ1n) is 5.61. The molecule has 2 aliphatic rings. The number of hydrogen-bond acceptors (Lipinski definition) is 3. The van der Waals surface area contributed by atoms with Crippen molar-refractivity contribution in [3.8, 4) is 0 Å². The molecule has 1 heterocycles. The van der Waals surface area contributed by atoms with Crippen molar-refractivity contribution in [3.63, 3.8) is 0 Å². The summed E-state index contributed by atoms with van der Waals surface area (Å²) in [5.41, 5.74) is 0. The van der Waals surface area contributed by atoms with Gasteiger partial charge in [0.2, 0.25) is 0 Å². The van der Waals surface area contributed by atoms with Crippen LogP contribution in [0.15, 0.2) is 0 Å². The molecule has 2 fully saturated rings. The summed E-state index contributed by atoms with van der Waals surface area (Å²) in [5, 5.41) is 0. The van der Waals surface area contributed by atoms with Gasteiger partial charge >= 0.3 is 5.97 Å². The van der Waals surface area contributed by atoms with E-state index in [4.69, 9.17) is 9.47 Å². The van der Waals surface area contributed by atoms with E-state index in [9.17, 15) is 4.79 Å². The van der Waals surface area contributed by atoms with Gasteiger partial charge in [-0.3, -0.25) is 4.79 Å². The first-order valence-corrected chi connectivity index (χ1v) is 5.61. The van der Waals surface area contributed by atoms with Crippen LogP contribution in [0.2, 0.25) is 0 Å². The van der Waals surface area contributed by atoms with Crippen molar-refractivity contribution in [2.45, 2.75) is 38.7 Å². The lowest BCUT2D eigenvalue weighted by Crippen LogP contribution is -2.35. The van der Waals surface area contributed by atoms with Crippen molar-refractivity contribution in [2.75, 3.05) is 13.2 Å². The molecule has 0 radical (unpaired) electrons. The van der Waals surface area contributed by atoms with Crippen molar-refractivity contribution in [3.05, 3.63) is 0 Å².